The standard InChI is InChI=1S/C28H31ClN4O3S/c1-30-27(35)22-17-25(34)33(23-16-19(36-3)8-9-20(22)23)15-14-32-12-10-18(11-13-32)31(2)28-26(29)21-6-4-5-7-24(21)37-28/h4-9,16-18H,10-15H2,1-3H3,(H,30,35). The number of anilines is 1. The van der Waals surface area contributed by atoms with Crippen molar-refractivity contribution < 1.29 is 9.53 Å². The average Bonchev–Trinajstić information content (AvgIpc) is 3.27. The number of ether oxygens (including phenoxy) is 1. The number of nitrogens with one attached hydrogen (secondary N) is 1. The predicted octanol–water partition coefficient (Wildman–Crippen LogP) is 4.84. The average molecular weight is 539 g/mol. The van der Waals surface area contributed by atoms with Crippen LogP contribution in [0.5, 0.6) is 5.75 Å². The number of nitrogens with zero attached hydrogens (tertiary/aromatic N) is 3. The highest BCUT2D eigenvalue weighted by Gasteiger charge is 2.26. The maximum absolute atomic E-state index is 13.1. The molecule has 0 atom stereocenters. The lowest BCUT2D eigenvalue weighted by Crippen LogP contribution is -2.44. The van der Waals surface area contributed by atoms with Gasteiger partial charge in [0.25, 0.3) is 11.5 Å². The third-order valence-electron chi connectivity index (χ3n) is 7.37. The molecule has 1 N–H and O–H groups in total. The van der Waals surface area contributed by atoms with Crippen LogP contribution in [0.4, 0.5) is 5.00 Å². The minimum atomic E-state index is -0.274. The molecule has 7 nitrogen and oxygen atoms in total. The number of aromatic nitrogens is 1. The summed E-state index contributed by atoms with van der Waals surface area (Å²) in [7, 11) is 5.31. The molecule has 0 saturated carbocycles. The second-order valence-corrected chi connectivity index (χ2v) is 10.8. The van der Waals surface area contributed by atoms with Gasteiger partial charge in [-0.05, 0) is 31.0 Å². The van der Waals surface area contributed by atoms with Gasteiger partial charge in [-0.25, -0.2) is 0 Å². The molecule has 9 heteroatoms. The number of likely N-dealkylation sites (tertiary alicyclic amines) is 1. The first-order valence-electron chi connectivity index (χ1n) is 12.5. The van der Waals surface area contributed by atoms with Gasteiger partial charge in [-0.15, -0.1) is 11.3 Å². The number of piperidine rings is 1. The Kier molecular flexibility index (Phi) is 7.42. The first kappa shape index (κ1) is 25.6. The van der Waals surface area contributed by atoms with Crippen molar-refractivity contribution in [2.75, 3.05) is 45.7 Å². The third-order valence-corrected chi connectivity index (χ3v) is 9.13. The number of methoxy groups -OCH3 is 1. The summed E-state index contributed by atoms with van der Waals surface area (Å²) in [6, 6.07) is 15.6. The fourth-order valence-electron chi connectivity index (χ4n) is 5.21. The Morgan fingerprint density at radius 1 is 1.14 bits per heavy atom. The topological polar surface area (TPSA) is 66.8 Å². The Morgan fingerprint density at radius 2 is 1.89 bits per heavy atom. The molecule has 5 rings (SSSR count). The summed E-state index contributed by atoms with van der Waals surface area (Å²) in [5, 5.41) is 6.45. The molecule has 0 spiro atoms. The first-order chi connectivity index (χ1) is 17.9. The largest absolute Gasteiger partial charge is 0.497 e. The lowest BCUT2D eigenvalue weighted by atomic mass is 10.0. The molecule has 1 aliphatic heterocycles. The van der Waals surface area contributed by atoms with Crippen molar-refractivity contribution in [3.05, 3.63) is 69.5 Å². The Hall–Kier alpha value is -3.07. The van der Waals surface area contributed by atoms with Crippen LogP contribution in [-0.4, -0.2) is 62.3 Å². The molecule has 3 heterocycles. The minimum absolute atomic E-state index is 0.187. The molecule has 0 unspecified atom stereocenters. The number of pyridine rings is 1. The molecule has 37 heavy (non-hydrogen) atoms. The van der Waals surface area contributed by atoms with Crippen LogP contribution in [-0.2, 0) is 6.54 Å². The van der Waals surface area contributed by atoms with Crippen LogP contribution < -0.4 is 20.5 Å². The molecule has 1 saturated heterocycles. The van der Waals surface area contributed by atoms with E-state index in [4.69, 9.17) is 16.3 Å². The van der Waals surface area contributed by atoms with Crippen LogP contribution in [0.1, 0.15) is 23.2 Å². The first-order valence-corrected chi connectivity index (χ1v) is 13.7. The molecular weight excluding hydrogens is 508 g/mol. The zero-order chi connectivity index (χ0) is 26.1. The van der Waals surface area contributed by atoms with E-state index in [-0.39, 0.29) is 11.5 Å². The quantitative estimate of drug-likeness (QED) is 0.365. The summed E-state index contributed by atoms with van der Waals surface area (Å²) in [5.41, 5.74) is 0.901. The molecule has 2 aromatic carbocycles. The molecule has 2 aromatic heterocycles. The van der Waals surface area contributed by atoms with Gasteiger partial charge in [-0.3, -0.25) is 9.59 Å². The highest BCUT2D eigenvalue weighted by molar-refractivity contribution is 7.23. The van der Waals surface area contributed by atoms with Crippen LogP contribution in [0.15, 0.2) is 53.3 Å². The molecule has 0 radical (unpaired) electrons. The van der Waals surface area contributed by atoms with Crippen molar-refractivity contribution >= 4 is 54.8 Å². The summed E-state index contributed by atoms with van der Waals surface area (Å²) in [6.07, 6.45) is 2.06. The van der Waals surface area contributed by atoms with Crippen LogP contribution >= 0.6 is 22.9 Å². The van der Waals surface area contributed by atoms with Gasteiger partial charge in [0.15, 0.2) is 0 Å². The molecule has 1 fully saturated rings. The normalized spacial score (nSPS) is 14.8. The number of amides is 1. The van der Waals surface area contributed by atoms with Gasteiger partial charge in [-0.1, -0.05) is 29.8 Å². The third kappa shape index (κ3) is 4.93. The van der Waals surface area contributed by atoms with Crippen molar-refractivity contribution in [3.8, 4) is 5.75 Å². The highest BCUT2D eigenvalue weighted by Crippen LogP contribution is 2.42. The number of carbonyl (C=O) groups is 1. The van der Waals surface area contributed by atoms with E-state index in [9.17, 15) is 9.59 Å². The Balaban J connectivity index is 1.29. The smallest absolute Gasteiger partial charge is 0.251 e. The minimum Gasteiger partial charge on any atom is -0.497 e. The number of halogens is 1. The van der Waals surface area contributed by atoms with Crippen molar-refractivity contribution in [2.45, 2.75) is 25.4 Å². The highest BCUT2D eigenvalue weighted by atomic mass is 35.5. The van der Waals surface area contributed by atoms with Crippen LogP contribution in [0, 0.1) is 0 Å². The van der Waals surface area contributed by atoms with E-state index in [0.717, 1.165) is 53.3 Å². The summed E-state index contributed by atoms with van der Waals surface area (Å²) in [5.74, 6) is 0.378. The van der Waals surface area contributed by atoms with Gasteiger partial charge in [0.1, 0.15) is 10.8 Å². The zero-order valence-corrected chi connectivity index (χ0v) is 22.9. The van der Waals surface area contributed by atoms with E-state index in [1.165, 1.54) is 10.8 Å². The second-order valence-electron chi connectivity index (χ2n) is 9.41. The van der Waals surface area contributed by atoms with Crippen molar-refractivity contribution in [1.82, 2.24) is 14.8 Å². The van der Waals surface area contributed by atoms with Crippen LogP contribution in [0.3, 0.4) is 0 Å². The SMILES string of the molecule is CNC(=O)c1cc(=O)n(CCN2CCC(N(C)c3sc4ccccc4c3Cl)CC2)c2cc(OC)ccc12. The molecule has 1 amide bonds. The number of carbonyl (C=O) groups excluding carboxylic acids is 1. The number of benzene rings is 2. The molecule has 0 bridgehead atoms. The number of rotatable bonds is 7. The van der Waals surface area contributed by atoms with E-state index in [2.05, 4.69) is 34.3 Å². The molecule has 1 aliphatic rings. The number of thiophene rings is 1. The second kappa shape index (κ2) is 10.7. The zero-order valence-electron chi connectivity index (χ0n) is 21.3. The van der Waals surface area contributed by atoms with E-state index in [1.54, 1.807) is 30.1 Å². The number of hydrogen-bond acceptors (Lipinski definition) is 6. The summed E-state index contributed by atoms with van der Waals surface area (Å²) in [6.45, 7) is 3.19. The molecular formula is C28H31ClN4O3S. The van der Waals surface area contributed by atoms with Crippen molar-refractivity contribution in [1.29, 1.82) is 0 Å². The molecule has 0 aliphatic carbocycles. The maximum atomic E-state index is 13.1. The Bertz CT molecular complexity index is 1510. The van der Waals surface area contributed by atoms with Crippen molar-refractivity contribution in [3.63, 3.8) is 0 Å². The van der Waals surface area contributed by atoms with Gasteiger partial charge < -0.3 is 24.4 Å². The van der Waals surface area contributed by atoms with Gasteiger partial charge in [0.2, 0.25) is 0 Å². The molecule has 194 valence electrons. The van der Waals surface area contributed by atoms with Crippen molar-refractivity contribution in [2.24, 2.45) is 0 Å². The van der Waals surface area contributed by atoms with Crippen LogP contribution in [0.25, 0.3) is 21.0 Å². The lowest BCUT2D eigenvalue weighted by molar-refractivity contribution is 0.0964. The lowest BCUT2D eigenvalue weighted by Gasteiger charge is -2.37. The van der Waals surface area contributed by atoms with E-state index < -0.39 is 0 Å². The summed E-state index contributed by atoms with van der Waals surface area (Å²) >= 11 is 8.48. The fourth-order valence-corrected chi connectivity index (χ4v) is 6.80. The monoisotopic (exact) mass is 538 g/mol. The Labute approximate surface area is 225 Å². The van der Waals surface area contributed by atoms with Gasteiger partial charge in [0, 0.05) is 73.9 Å². The summed E-state index contributed by atoms with van der Waals surface area (Å²) in [4.78, 5) is 30.2. The summed E-state index contributed by atoms with van der Waals surface area (Å²) < 4.78 is 8.36. The maximum Gasteiger partial charge on any atom is 0.251 e. The fraction of sp³-hybridized carbons (Fsp3) is 0.357. The number of fused-ring (bicyclic) bond motifs is 2. The number of hydrogen-bond donors (Lipinski definition) is 1. The van der Waals surface area contributed by atoms with E-state index in [0.29, 0.717) is 29.4 Å². The predicted molar refractivity (Wildman–Crippen MR) is 153 cm³/mol. The Morgan fingerprint density at radius 3 is 2.59 bits per heavy atom. The van der Waals surface area contributed by atoms with Gasteiger partial charge in [-0.2, -0.15) is 0 Å². The van der Waals surface area contributed by atoms with E-state index >= 15 is 0 Å². The van der Waals surface area contributed by atoms with E-state index in [1.807, 2.05) is 30.3 Å². The van der Waals surface area contributed by atoms with Gasteiger partial charge >= 0.3 is 0 Å². The van der Waals surface area contributed by atoms with Gasteiger partial charge in [0.05, 0.1) is 23.2 Å². The van der Waals surface area contributed by atoms with Crippen LogP contribution in [0.2, 0.25) is 5.02 Å². The molecule has 4 aromatic rings.